The molecule has 1 N–H and O–H groups in total. The third-order valence-electron chi connectivity index (χ3n) is 8.89. The molecule has 2 aliphatic heterocycles. The van der Waals surface area contributed by atoms with Gasteiger partial charge in [-0.3, -0.25) is 9.88 Å². The normalized spacial score (nSPS) is 21.9. The van der Waals surface area contributed by atoms with E-state index in [4.69, 9.17) is 19.7 Å². The lowest BCUT2D eigenvalue weighted by Gasteiger charge is -2.36. The number of piperazine rings is 1. The Hall–Kier alpha value is -4.99. The number of halogens is 1. The number of aromatic nitrogens is 3. The van der Waals surface area contributed by atoms with Crippen LogP contribution in [0, 0.1) is 17.1 Å². The van der Waals surface area contributed by atoms with E-state index in [1.807, 2.05) is 30.5 Å². The highest BCUT2D eigenvalue weighted by Gasteiger charge is 2.51. The van der Waals surface area contributed by atoms with Crippen LogP contribution in [0.25, 0.3) is 11.0 Å². The monoisotopic (exact) mass is 622 g/mol. The molecule has 0 bridgehead atoms. The number of imidazole rings is 1. The summed E-state index contributed by atoms with van der Waals surface area (Å²) in [5.74, 6) is -0.858. The van der Waals surface area contributed by atoms with Crippen molar-refractivity contribution in [1.29, 1.82) is 5.26 Å². The first-order valence-electron chi connectivity index (χ1n) is 14.6. The lowest BCUT2D eigenvalue weighted by atomic mass is 10.0. The molecule has 8 rings (SSSR count). The van der Waals surface area contributed by atoms with E-state index in [-0.39, 0.29) is 22.7 Å². The number of fused-ring (bicyclic) bond motifs is 3. The number of nitriles is 1. The van der Waals surface area contributed by atoms with Crippen molar-refractivity contribution in [1.82, 2.24) is 19.4 Å². The highest BCUT2D eigenvalue weighted by atomic mass is 32.1. The Balaban J connectivity index is 1.04. The molecule has 226 valence electrons. The summed E-state index contributed by atoms with van der Waals surface area (Å²) in [4.78, 5) is 26.7. The molecule has 10 nitrogen and oxygen atoms in total. The number of para-hydroxylation sites is 1. The van der Waals surface area contributed by atoms with E-state index < -0.39 is 17.6 Å². The maximum atomic E-state index is 15.0. The summed E-state index contributed by atoms with van der Waals surface area (Å²) in [7, 11) is 0. The number of aromatic carboxylic acids is 1. The molecule has 4 heterocycles. The Morgan fingerprint density at radius 1 is 1.16 bits per heavy atom. The van der Waals surface area contributed by atoms with Crippen LogP contribution in [-0.4, -0.2) is 55.7 Å². The first-order valence-corrected chi connectivity index (χ1v) is 15.5. The molecule has 5 aromatic rings. The van der Waals surface area contributed by atoms with E-state index in [2.05, 4.69) is 19.4 Å². The number of anilines is 1. The maximum absolute atomic E-state index is 15.0. The lowest BCUT2D eigenvalue weighted by molar-refractivity contribution is -0.0705. The molecule has 3 atom stereocenters. The number of carbonyl (C=O) groups is 1. The Morgan fingerprint density at radius 2 is 2.04 bits per heavy atom. The van der Waals surface area contributed by atoms with Crippen LogP contribution in [0.1, 0.15) is 45.5 Å². The summed E-state index contributed by atoms with van der Waals surface area (Å²) in [5.41, 5.74) is 4.97. The minimum Gasteiger partial charge on any atom is -0.478 e. The molecular weight excluding hydrogens is 595 g/mol. The smallest absolute Gasteiger partial charge is 0.335 e. The van der Waals surface area contributed by atoms with Gasteiger partial charge in [-0.1, -0.05) is 6.07 Å². The average molecular weight is 623 g/mol. The summed E-state index contributed by atoms with van der Waals surface area (Å²) in [5, 5.41) is 18.7. The van der Waals surface area contributed by atoms with Crippen molar-refractivity contribution in [2.45, 2.75) is 44.3 Å². The predicted molar refractivity (Wildman–Crippen MR) is 164 cm³/mol. The number of thiazole rings is 1. The maximum Gasteiger partial charge on any atom is 0.335 e. The summed E-state index contributed by atoms with van der Waals surface area (Å²) in [6.45, 7) is 4.43. The molecule has 0 unspecified atom stereocenters. The van der Waals surface area contributed by atoms with Gasteiger partial charge in [-0.25, -0.2) is 14.2 Å². The van der Waals surface area contributed by atoms with E-state index in [1.165, 1.54) is 6.07 Å². The first kappa shape index (κ1) is 27.6. The van der Waals surface area contributed by atoms with Crippen LogP contribution in [-0.2, 0) is 18.9 Å². The van der Waals surface area contributed by atoms with E-state index in [0.717, 1.165) is 46.9 Å². The molecule has 45 heavy (non-hydrogen) atoms. The number of ether oxygens (including phenoxy) is 2. The zero-order valence-electron chi connectivity index (χ0n) is 24.2. The fourth-order valence-corrected chi connectivity index (χ4v) is 7.20. The van der Waals surface area contributed by atoms with Gasteiger partial charge in [0, 0.05) is 43.2 Å². The second-order valence-electron chi connectivity index (χ2n) is 11.7. The molecule has 2 fully saturated rings. The second kappa shape index (κ2) is 10.3. The minimum absolute atomic E-state index is 0.231. The highest BCUT2D eigenvalue weighted by Crippen LogP contribution is 2.52. The van der Waals surface area contributed by atoms with Gasteiger partial charge < -0.3 is 24.0 Å². The zero-order chi connectivity index (χ0) is 30.9. The molecule has 0 spiro atoms. The van der Waals surface area contributed by atoms with Gasteiger partial charge in [0.05, 0.1) is 58.1 Å². The standard InChI is InChI=1S/C33H27FN6O4S/c1-33(22-7-5-19(14-35)11-23(22)34)43-29-4-2-3-25(31(29)44-33)39-10-9-38(27-13-28(27)39)17-30-37-24-8-6-20(32(41)42)12-26(24)40(30)16-21-15-36-18-45-21/h2-8,11-12,15,18,27-28H,9-10,13,16-17H2,1H3,(H,41,42)/t27-,28+,33-/m0/s1. The molecule has 0 amide bonds. The fraction of sp³-hybridized carbons (Fsp3) is 0.273. The van der Waals surface area contributed by atoms with Crippen molar-refractivity contribution in [2.24, 2.45) is 0 Å². The van der Waals surface area contributed by atoms with E-state index in [9.17, 15) is 14.3 Å². The van der Waals surface area contributed by atoms with Crippen LogP contribution in [0.15, 0.2) is 66.3 Å². The molecule has 1 saturated carbocycles. The highest BCUT2D eigenvalue weighted by molar-refractivity contribution is 7.09. The molecule has 3 aromatic carbocycles. The Labute approximate surface area is 261 Å². The third-order valence-corrected chi connectivity index (χ3v) is 9.66. The number of hydrogen-bond donors (Lipinski definition) is 1. The molecule has 1 saturated heterocycles. The topological polar surface area (TPSA) is 117 Å². The average Bonchev–Trinajstić information content (AvgIpc) is 3.34. The zero-order valence-corrected chi connectivity index (χ0v) is 25.0. The minimum atomic E-state index is -1.36. The van der Waals surface area contributed by atoms with Gasteiger partial charge in [-0.15, -0.1) is 11.3 Å². The number of rotatable bonds is 7. The van der Waals surface area contributed by atoms with Gasteiger partial charge in [0.25, 0.3) is 5.79 Å². The van der Waals surface area contributed by atoms with E-state index in [1.54, 1.807) is 54.1 Å². The van der Waals surface area contributed by atoms with E-state index >= 15 is 0 Å². The SMILES string of the molecule is C[C@]1(c2ccc(C#N)cc2F)Oc2cccc(N3CCN(Cc4nc5ccc(C(=O)O)cc5n4Cc4cncs4)[C@H]4C[C@H]43)c2O1. The van der Waals surface area contributed by atoms with Gasteiger partial charge in [-0.2, -0.15) is 5.26 Å². The van der Waals surface area contributed by atoms with Crippen LogP contribution < -0.4 is 14.4 Å². The molecule has 2 aromatic heterocycles. The lowest BCUT2D eigenvalue weighted by Crippen LogP contribution is -2.46. The number of carboxylic acid groups (broad SMARTS) is 1. The molecule has 1 aliphatic carbocycles. The van der Waals surface area contributed by atoms with Crippen molar-refractivity contribution >= 4 is 34.0 Å². The fourth-order valence-electron chi connectivity index (χ4n) is 6.62. The van der Waals surface area contributed by atoms with Gasteiger partial charge >= 0.3 is 5.97 Å². The van der Waals surface area contributed by atoms with E-state index in [0.29, 0.717) is 30.6 Å². The molecule has 0 radical (unpaired) electrons. The van der Waals surface area contributed by atoms with Gasteiger partial charge in [0.2, 0.25) is 0 Å². The summed E-state index contributed by atoms with van der Waals surface area (Å²) < 4.78 is 29.7. The van der Waals surface area contributed by atoms with Crippen molar-refractivity contribution in [3.63, 3.8) is 0 Å². The number of nitrogens with zero attached hydrogens (tertiary/aromatic N) is 6. The third kappa shape index (κ3) is 4.67. The van der Waals surface area contributed by atoms with Crippen LogP contribution in [0.4, 0.5) is 10.1 Å². The molecular formula is C33H27FN6O4S. The van der Waals surface area contributed by atoms with Crippen LogP contribution >= 0.6 is 11.3 Å². The number of carboxylic acids is 1. The van der Waals surface area contributed by atoms with Gasteiger partial charge in [-0.05, 0) is 55.0 Å². The number of hydrogen-bond acceptors (Lipinski definition) is 9. The summed E-state index contributed by atoms with van der Waals surface area (Å²) in [6.07, 6.45) is 2.81. The molecule has 3 aliphatic rings. The molecule has 12 heteroatoms. The first-order chi connectivity index (χ1) is 21.8. The van der Waals surface area contributed by atoms with Gasteiger partial charge in [0.15, 0.2) is 11.5 Å². The number of benzene rings is 3. The summed E-state index contributed by atoms with van der Waals surface area (Å²) in [6, 6.07) is 17.7. The second-order valence-corrected chi connectivity index (χ2v) is 12.7. The van der Waals surface area contributed by atoms with Crippen molar-refractivity contribution in [3.8, 4) is 17.6 Å². The quantitative estimate of drug-likeness (QED) is 0.256. The van der Waals surface area contributed by atoms with Crippen molar-refractivity contribution in [3.05, 3.63) is 99.5 Å². The Bertz CT molecular complexity index is 2020. The van der Waals surface area contributed by atoms with Crippen LogP contribution in [0.2, 0.25) is 0 Å². The van der Waals surface area contributed by atoms with Crippen LogP contribution in [0.5, 0.6) is 11.5 Å². The van der Waals surface area contributed by atoms with Crippen molar-refractivity contribution < 1.29 is 23.8 Å². The van der Waals surface area contributed by atoms with Crippen molar-refractivity contribution in [2.75, 3.05) is 18.0 Å². The predicted octanol–water partition coefficient (Wildman–Crippen LogP) is 5.36. The Kier molecular flexibility index (Phi) is 6.30. The Morgan fingerprint density at radius 3 is 2.82 bits per heavy atom. The largest absolute Gasteiger partial charge is 0.478 e. The van der Waals surface area contributed by atoms with Crippen LogP contribution in [0.3, 0.4) is 0 Å². The van der Waals surface area contributed by atoms with Gasteiger partial charge in [0.1, 0.15) is 11.6 Å². The summed E-state index contributed by atoms with van der Waals surface area (Å²) >= 11 is 1.56.